The second kappa shape index (κ2) is 9.24. The summed E-state index contributed by atoms with van der Waals surface area (Å²) < 4.78 is 12.2. The number of aromatic nitrogens is 1. The van der Waals surface area contributed by atoms with Gasteiger partial charge in [-0.3, -0.25) is 9.36 Å². The molecule has 1 aromatic carbocycles. The van der Waals surface area contributed by atoms with E-state index in [-0.39, 0.29) is 17.7 Å². The number of carbonyl (C=O) groups excluding carboxylic acids is 2. The first-order valence-corrected chi connectivity index (χ1v) is 10.0. The van der Waals surface area contributed by atoms with Crippen LogP contribution in [0, 0.1) is 0 Å². The molecule has 31 heavy (non-hydrogen) atoms. The van der Waals surface area contributed by atoms with Crippen molar-refractivity contribution in [3.63, 3.8) is 0 Å². The second-order valence-electron chi connectivity index (χ2n) is 9.24. The Morgan fingerprint density at radius 1 is 1.00 bits per heavy atom. The molecule has 0 aliphatic carbocycles. The molecule has 1 atom stereocenters. The molecule has 0 fully saturated rings. The Hall–Kier alpha value is -3.29. The number of benzene rings is 1. The van der Waals surface area contributed by atoms with Crippen LogP contribution in [0.15, 0.2) is 47.4 Å². The van der Waals surface area contributed by atoms with Crippen LogP contribution in [0.4, 0.5) is 10.5 Å². The van der Waals surface area contributed by atoms with Gasteiger partial charge >= 0.3 is 12.1 Å². The standard InChI is InChI=1S/C23H31N3O5/c1-22(2,3)30-20(28)18(25-21(29)31-23(4,5)6)14-15-9-11-16(12-10-15)26-13-7-8-17(24)19(26)27/h7-13,18H,14,24H2,1-6H3,(H,25,29)/t18-/m0/s1. The Balaban J connectivity index is 2.22. The van der Waals surface area contributed by atoms with Crippen LogP contribution in [0.2, 0.25) is 0 Å². The van der Waals surface area contributed by atoms with E-state index >= 15 is 0 Å². The monoisotopic (exact) mass is 429 g/mol. The molecule has 2 rings (SSSR count). The van der Waals surface area contributed by atoms with Gasteiger partial charge in [0, 0.05) is 18.3 Å². The van der Waals surface area contributed by atoms with Crippen LogP contribution in [0.1, 0.15) is 47.1 Å². The van der Waals surface area contributed by atoms with Gasteiger partial charge in [-0.15, -0.1) is 0 Å². The summed E-state index contributed by atoms with van der Waals surface area (Å²) in [5, 5.41) is 2.60. The zero-order valence-corrected chi connectivity index (χ0v) is 18.9. The molecule has 1 aromatic heterocycles. The maximum Gasteiger partial charge on any atom is 0.408 e. The minimum atomic E-state index is -0.935. The Morgan fingerprint density at radius 3 is 2.13 bits per heavy atom. The average molecular weight is 430 g/mol. The van der Waals surface area contributed by atoms with Gasteiger partial charge in [0.25, 0.3) is 5.56 Å². The van der Waals surface area contributed by atoms with Gasteiger partial charge in [-0.05, 0) is 71.4 Å². The van der Waals surface area contributed by atoms with Crippen LogP contribution in [-0.2, 0) is 20.7 Å². The van der Waals surface area contributed by atoms with Gasteiger partial charge < -0.3 is 20.5 Å². The predicted octanol–water partition coefficient (Wildman–Crippen LogP) is 3.20. The Labute approximate surface area is 182 Å². The molecule has 1 heterocycles. The van der Waals surface area contributed by atoms with Gasteiger partial charge in [0.2, 0.25) is 0 Å². The van der Waals surface area contributed by atoms with E-state index in [1.165, 1.54) is 4.57 Å². The molecule has 2 aromatic rings. The van der Waals surface area contributed by atoms with Crippen molar-refractivity contribution in [2.45, 2.75) is 65.2 Å². The van der Waals surface area contributed by atoms with Crippen LogP contribution < -0.4 is 16.6 Å². The topological polar surface area (TPSA) is 113 Å². The summed E-state index contributed by atoms with van der Waals surface area (Å²) in [6.07, 6.45) is 1.12. The highest BCUT2D eigenvalue weighted by Gasteiger charge is 2.29. The van der Waals surface area contributed by atoms with E-state index in [0.29, 0.717) is 5.69 Å². The molecule has 0 unspecified atom stereocenters. The van der Waals surface area contributed by atoms with Gasteiger partial charge in [0.15, 0.2) is 0 Å². The summed E-state index contributed by atoms with van der Waals surface area (Å²) in [4.78, 5) is 37.1. The van der Waals surface area contributed by atoms with Crippen molar-refractivity contribution in [1.82, 2.24) is 9.88 Å². The minimum absolute atomic E-state index is 0.151. The summed E-state index contributed by atoms with van der Waals surface area (Å²) in [6, 6.07) is 9.34. The molecule has 0 saturated carbocycles. The van der Waals surface area contributed by atoms with Crippen LogP contribution in [0.25, 0.3) is 5.69 Å². The molecule has 168 valence electrons. The van der Waals surface area contributed by atoms with Crippen molar-refractivity contribution in [2.75, 3.05) is 5.73 Å². The number of carbonyl (C=O) groups is 2. The summed E-state index contributed by atoms with van der Waals surface area (Å²) in [7, 11) is 0. The molecular formula is C23H31N3O5. The van der Waals surface area contributed by atoms with E-state index < -0.39 is 29.3 Å². The third kappa shape index (κ3) is 7.47. The SMILES string of the molecule is CC(C)(C)OC(=O)N[C@@H](Cc1ccc(-n2cccc(N)c2=O)cc1)C(=O)OC(C)(C)C. The fraction of sp³-hybridized carbons (Fsp3) is 0.435. The molecule has 3 N–H and O–H groups in total. The maximum absolute atomic E-state index is 12.7. The normalized spacial score (nSPS) is 12.7. The van der Waals surface area contributed by atoms with Crippen LogP contribution in [0.5, 0.6) is 0 Å². The van der Waals surface area contributed by atoms with E-state index in [0.717, 1.165) is 5.56 Å². The number of alkyl carbamates (subject to hydrolysis) is 1. The van der Waals surface area contributed by atoms with E-state index in [1.54, 1.807) is 84.1 Å². The first-order valence-electron chi connectivity index (χ1n) is 10.0. The van der Waals surface area contributed by atoms with E-state index in [9.17, 15) is 14.4 Å². The van der Waals surface area contributed by atoms with Crippen molar-refractivity contribution < 1.29 is 19.1 Å². The van der Waals surface area contributed by atoms with Crippen molar-refractivity contribution in [1.29, 1.82) is 0 Å². The number of nitrogens with zero attached hydrogens (tertiary/aromatic N) is 1. The highest BCUT2D eigenvalue weighted by Crippen LogP contribution is 2.15. The van der Waals surface area contributed by atoms with Crippen molar-refractivity contribution >= 4 is 17.7 Å². The third-order valence-electron chi connectivity index (χ3n) is 4.01. The first kappa shape index (κ1) is 24.0. The second-order valence-corrected chi connectivity index (χ2v) is 9.24. The lowest BCUT2D eigenvalue weighted by Gasteiger charge is -2.26. The zero-order chi connectivity index (χ0) is 23.4. The number of nitrogen functional groups attached to an aromatic ring is 1. The fourth-order valence-corrected chi connectivity index (χ4v) is 2.76. The molecule has 0 spiro atoms. The summed E-state index contributed by atoms with van der Waals surface area (Å²) in [5.74, 6) is -0.561. The highest BCUT2D eigenvalue weighted by atomic mass is 16.6. The van der Waals surface area contributed by atoms with Gasteiger partial charge in [-0.2, -0.15) is 0 Å². The summed E-state index contributed by atoms with van der Waals surface area (Å²) >= 11 is 0. The molecule has 0 saturated heterocycles. The number of anilines is 1. The Bertz CT molecular complexity index is 982. The first-order chi connectivity index (χ1) is 14.2. The lowest BCUT2D eigenvalue weighted by Crippen LogP contribution is -2.47. The number of ether oxygens (including phenoxy) is 2. The zero-order valence-electron chi connectivity index (χ0n) is 18.9. The number of pyridine rings is 1. The molecule has 8 nitrogen and oxygen atoms in total. The molecular weight excluding hydrogens is 398 g/mol. The Kier molecular flexibility index (Phi) is 7.15. The van der Waals surface area contributed by atoms with E-state index in [4.69, 9.17) is 15.2 Å². The largest absolute Gasteiger partial charge is 0.458 e. The number of nitrogens with one attached hydrogen (secondary N) is 1. The fourth-order valence-electron chi connectivity index (χ4n) is 2.76. The predicted molar refractivity (Wildman–Crippen MR) is 119 cm³/mol. The minimum Gasteiger partial charge on any atom is -0.458 e. The lowest BCUT2D eigenvalue weighted by atomic mass is 10.0. The van der Waals surface area contributed by atoms with Crippen LogP contribution >= 0.6 is 0 Å². The van der Waals surface area contributed by atoms with Crippen molar-refractivity contribution in [3.8, 4) is 5.69 Å². The molecule has 8 heteroatoms. The van der Waals surface area contributed by atoms with E-state index in [1.807, 2.05) is 0 Å². The van der Waals surface area contributed by atoms with Gasteiger partial charge in [0.05, 0.1) is 5.69 Å². The molecule has 0 aliphatic heterocycles. The van der Waals surface area contributed by atoms with Gasteiger partial charge in [0.1, 0.15) is 17.2 Å². The Morgan fingerprint density at radius 2 is 1.58 bits per heavy atom. The van der Waals surface area contributed by atoms with Crippen LogP contribution in [0.3, 0.4) is 0 Å². The molecule has 1 amide bonds. The number of nitrogens with two attached hydrogens (primary N) is 1. The quantitative estimate of drug-likeness (QED) is 0.706. The average Bonchev–Trinajstić information content (AvgIpc) is 2.61. The van der Waals surface area contributed by atoms with Crippen LogP contribution in [-0.4, -0.2) is 33.9 Å². The smallest absolute Gasteiger partial charge is 0.408 e. The molecule has 0 radical (unpaired) electrons. The summed E-state index contributed by atoms with van der Waals surface area (Å²) in [5.41, 5.74) is 5.53. The number of esters is 1. The van der Waals surface area contributed by atoms with Gasteiger partial charge in [-0.1, -0.05) is 12.1 Å². The summed E-state index contributed by atoms with van der Waals surface area (Å²) in [6.45, 7) is 10.5. The van der Waals surface area contributed by atoms with Crippen molar-refractivity contribution in [3.05, 3.63) is 58.5 Å². The number of rotatable bonds is 5. The number of hydrogen-bond donors (Lipinski definition) is 2. The van der Waals surface area contributed by atoms with Gasteiger partial charge in [-0.25, -0.2) is 9.59 Å². The lowest BCUT2D eigenvalue weighted by molar-refractivity contribution is -0.157. The highest BCUT2D eigenvalue weighted by molar-refractivity contribution is 5.82. The van der Waals surface area contributed by atoms with E-state index in [2.05, 4.69) is 5.32 Å². The number of hydrogen-bond acceptors (Lipinski definition) is 6. The molecule has 0 aliphatic rings. The number of amides is 1. The van der Waals surface area contributed by atoms with Crippen molar-refractivity contribution in [2.24, 2.45) is 0 Å². The maximum atomic E-state index is 12.7. The third-order valence-corrected chi connectivity index (χ3v) is 4.01. The molecule has 0 bridgehead atoms.